The second-order valence-electron chi connectivity index (χ2n) is 3.75. The highest BCUT2D eigenvalue weighted by Gasteiger charge is 2.24. The summed E-state index contributed by atoms with van der Waals surface area (Å²) in [6.45, 7) is 6.44. The van der Waals surface area contributed by atoms with E-state index in [1.165, 1.54) is 11.1 Å². The zero-order valence-electron chi connectivity index (χ0n) is 9.20. The van der Waals surface area contributed by atoms with Crippen LogP contribution in [0.1, 0.15) is 20.8 Å². The Kier molecular flexibility index (Phi) is 3.64. The van der Waals surface area contributed by atoms with Crippen LogP contribution in [0.3, 0.4) is 0 Å². The van der Waals surface area contributed by atoms with Gasteiger partial charge in [0.25, 0.3) is 0 Å². The maximum atomic E-state index is 8.35. The van der Waals surface area contributed by atoms with Crippen molar-refractivity contribution in [1.82, 2.24) is 0 Å². The molecule has 0 aromatic carbocycles. The number of rotatable bonds is 0. The average molecular weight is 205 g/mol. The van der Waals surface area contributed by atoms with E-state index in [1.54, 1.807) is 0 Å². The van der Waals surface area contributed by atoms with Gasteiger partial charge in [-0.15, -0.1) is 0 Å². The topological polar surface area (TPSA) is 50.1 Å². The molecule has 1 heterocycles. The molecule has 2 aliphatic rings. The Labute approximate surface area is 89.6 Å². The zero-order chi connectivity index (χ0) is 11.4. The van der Waals surface area contributed by atoms with Gasteiger partial charge in [-0.05, 0) is 25.5 Å². The second kappa shape index (κ2) is 4.76. The molecule has 3 nitrogen and oxygen atoms in total. The molecule has 0 saturated carbocycles. The van der Waals surface area contributed by atoms with Gasteiger partial charge in [0.15, 0.2) is 0 Å². The second-order valence-corrected chi connectivity index (χ2v) is 3.75. The van der Waals surface area contributed by atoms with Gasteiger partial charge in [-0.1, -0.05) is 19.1 Å². The quantitative estimate of drug-likeness (QED) is 0.488. The molecule has 0 aromatic rings. The Bertz CT molecular complexity index is 371. The number of ether oxygens (including phenoxy) is 1. The molecule has 0 amide bonds. The van der Waals surface area contributed by atoms with Crippen LogP contribution in [0.2, 0.25) is 0 Å². The van der Waals surface area contributed by atoms with Crippen molar-refractivity contribution in [1.29, 1.82) is 5.41 Å². The highest BCUT2D eigenvalue weighted by Crippen LogP contribution is 2.34. The first kappa shape index (κ1) is 11.5. The summed E-state index contributed by atoms with van der Waals surface area (Å²) in [4.78, 5) is 8.35. The number of hydrogen-bond donors (Lipinski definition) is 1. The van der Waals surface area contributed by atoms with Gasteiger partial charge >= 0.3 is 0 Å². The monoisotopic (exact) mass is 205 g/mol. The fraction of sp³-hybridized carbons (Fsp3) is 0.417. The van der Waals surface area contributed by atoms with Gasteiger partial charge < -0.3 is 4.74 Å². The van der Waals surface area contributed by atoms with Crippen molar-refractivity contribution in [3.05, 3.63) is 35.1 Å². The summed E-state index contributed by atoms with van der Waals surface area (Å²) in [5.41, 5.74) is 2.62. The first-order chi connectivity index (χ1) is 7.10. The third-order valence-electron chi connectivity index (χ3n) is 2.66. The zero-order valence-corrected chi connectivity index (χ0v) is 9.20. The van der Waals surface area contributed by atoms with Crippen molar-refractivity contribution in [3.63, 3.8) is 0 Å². The molecule has 0 saturated heterocycles. The van der Waals surface area contributed by atoms with Crippen LogP contribution in [0.5, 0.6) is 0 Å². The maximum Gasteiger partial charge on any atom is 0.231 e. The molecule has 1 aliphatic carbocycles. The normalized spacial score (nSPS) is 27.0. The van der Waals surface area contributed by atoms with E-state index in [0.717, 1.165) is 11.8 Å². The molecule has 0 bridgehead atoms. The Balaban J connectivity index is 0.000000337. The molecule has 0 spiro atoms. The summed E-state index contributed by atoms with van der Waals surface area (Å²) in [6.07, 6.45) is 7.55. The van der Waals surface area contributed by atoms with E-state index in [0.29, 0.717) is 12.0 Å². The third-order valence-corrected chi connectivity index (χ3v) is 2.66. The Morgan fingerprint density at radius 3 is 2.60 bits per heavy atom. The Hall–Kier alpha value is -1.60. The number of fused-ring (bicyclic) bond motifs is 1. The average Bonchev–Trinajstić information content (AvgIpc) is 2.51. The minimum Gasteiger partial charge on any atom is -0.489 e. The first-order valence-electron chi connectivity index (χ1n) is 4.91. The molecule has 0 aromatic heterocycles. The lowest BCUT2D eigenvalue weighted by atomic mass is 9.96. The minimum absolute atomic E-state index is 0.319. The SMILES string of the molecule is CC1=CC=C2OC(C)C(C)C=C12.N=C=O. The Morgan fingerprint density at radius 2 is 2.00 bits per heavy atom. The van der Waals surface area contributed by atoms with Crippen molar-refractivity contribution in [2.24, 2.45) is 5.92 Å². The predicted octanol–water partition coefficient (Wildman–Crippen LogP) is 2.71. The van der Waals surface area contributed by atoms with Gasteiger partial charge in [0.1, 0.15) is 11.9 Å². The lowest BCUT2D eigenvalue weighted by molar-refractivity contribution is 0.0985. The van der Waals surface area contributed by atoms with Gasteiger partial charge in [0.05, 0.1) is 0 Å². The summed E-state index contributed by atoms with van der Waals surface area (Å²) in [7, 11) is 0. The molecular weight excluding hydrogens is 190 g/mol. The molecule has 0 radical (unpaired) electrons. The van der Waals surface area contributed by atoms with Crippen molar-refractivity contribution in [3.8, 4) is 0 Å². The van der Waals surface area contributed by atoms with Crippen LogP contribution in [0, 0.1) is 11.3 Å². The Morgan fingerprint density at radius 1 is 1.40 bits per heavy atom. The molecule has 2 unspecified atom stereocenters. The van der Waals surface area contributed by atoms with E-state index in [-0.39, 0.29) is 0 Å². The first-order valence-corrected chi connectivity index (χ1v) is 4.91. The van der Waals surface area contributed by atoms with E-state index < -0.39 is 0 Å². The van der Waals surface area contributed by atoms with E-state index >= 15 is 0 Å². The molecule has 1 N–H and O–H groups in total. The van der Waals surface area contributed by atoms with Gasteiger partial charge in [-0.2, -0.15) is 0 Å². The number of nitrogens with one attached hydrogen (secondary N) is 1. The largest absolute Gasteiger partial charge is 0.489 e. The number of hydrogen-bond acceptors (Lipinski definition) is 3. The molecule has 80 valence electrons. The molecule has 15 heavy (non-hydrogen) atoms. The number of carbonyl (C=O) groups excluding carboxylic acids is 1. The van der Waals surface area contributed by atoms with Crippen LogP contribution in [0.25, 0.3) is 0 Å². The van der Waals surface area contributed by atoms with E-state index in [9.17, 15) is 0 Å². The smallest absolute Gasteiger partial charge is 0.231 e. The molecule has 0 fully saturated rings. The predicted molar refractivity (Wildman–Crippen MR) is 58.0 cm³/mol. The fourth-order valence-electron chi connectivity index (χ4n) is 1.60. The summed E-state index contributed by atoms with van der Waals surface area (Å²) in [6, 6.07) is 0. The lowest BCUT2D eigenvalue weighted by Crippen LogP contribution is -2.21. The van der Waals surface area contributed by atoms with Crippen LogP contribution < -0.4 is 0 Å². The van der Waals surface area contributed by atoms with Gasteiger partial charge in [0, 0.05) is 11.5 Å². The van der Waals surface area contributed by atoms with E-state index in [4.69, 9.17) is 14.9 Å². The van der Waals surface area contributed by atoms with E-state index in [1.807, 2.05) is 0 Å². The van der Waals surface area contributed by atoms with E-state index in [2.05, 4.69) is 39.0 Å². The van der Waals surface area contributed by atoms with Crippen LogP contribution in [-0.4, -0.2) is 12.2 Å². The van der Waals surface area contributed by atoms with Crippen molar-refractivity contribution in [2.75, 3.05) is 0 Å². The summed E-state index contributed by atoms with van der Waals surface area (Å²) >= 11 is 0. The molecule has 3 heteroatoms. The number of isocyanates is 1. The van der Waals surface area contributed by atoms with Crippen LogP contribution in [-0.2, 0) is 9.53 Å². The minimum atomic E-state index is 0.319. The highest BCUT2D eigenvalue weighted by atomic mass is 16.5. The van der Waals surface area contributed by atoms with Crippen LogP contribution >= 0.6 is 0 Å². The van der Waals surface area contributed by atoms with Crippen molar-refractivity contribution < 1.29 is 9.53 Å². The van der Waals surface area contributed by atoms with Crippen LogP contribution in [0.15, 0.2) is 35.1 Å². The summed E-state index contributed by atoms with van der Waals surface area (Å²) < 4.78 is 5.73. The number of allylic oxidation sites excluding steroid dienone is 3. The molecule has 1 aliphatic heterocycles. The third kappa shape index (κ3) is 2.45. The van der Waals surface area contributed by atoms with Crippen LogP contribution in [0.4, 0.5) is 0 Å². The maximum absolute atomic E-state index is 8.35. The summed E-state index contributed by atoms with van der Waals surface area (Å²) in [5, 5.41) is 5.40. The summed E-state index contributed by atoms with van der Waals surface area (Å²) in [5.74, 6) is 1.58. The van der Waals surface area contributed by atoms with Gasteiger partial charge in [-0.3, -0.25) is 0 Å². The molecular formula is C12H15NO2. The van der Waals surface area contributed by atoms with Gasteiger partial charge in [0.2, 0.25) is 6.08 Å². The fourth-order valence-corrected chi connectivity index (χ4v) is 1.60. The lowest BCUT2D eigenvalue weighted by Gasteiger charge is -2.26. The van der Waals surface area contributed by atoms with Gasteiger partial charge in [-0.25, -0.2) is 10.2 Å². The molecule has 2 atom stereocenters. The van der Waals surface area contributed by atoms with Crippen molar-refractivity contribution >= 4 is 6.08 Å². The standard InChI is InChI=1S/C11H14O.CHNO/c1-7-4-5-11-10(7)6-8(2)9(3)12-11;2-1-3/h4-6,8-9H,1-3H3;2H. The van der Waals surface area contributed by atoms with Crippen molar-refractivity contribution in [2.45, 2.75) is 26.9 Å². The molecule has 2 rings (SSSR count). The highest BCUT2D eigenvalue weighted by molar-refractivity contribution is 5.52.